The summed E-state index contributed by atoms with van der Waals surface area (Å²) in [5, 5.41) is 3.47. The highest BCUT2D eigenvalue weighted by atomic mass is 16.2. The molecule has 0 saturated carbocycles. The van der Waals surface area contributed by atoms with Gasteiger partial charge in [0.15, 0.2) is 0 Å². The Morgan fingerprint density at radius 3 is 2.43 bits per heavy atom. The monoisotopic (exact) mass is 307 g/mol. The molecule has 1 N–H and O–H groups in total. The normalized spacial score (nSPS) is 15.2. The fourth-order valence-electron chi connectivity index (χ4n) is 2.82. The number of amides is 1. The number of carbonyl (C=O) groups is 1. The van der Waals surface area contributed by atoms with Crippen molar-refractivity contribution in [2.75, 3.05) is 13.1 Å². The molecule has 3 rings (SSSR count). The van der Waals surface area contributed by atoms with E-state index in [2.05, 4.69) is 34.6 Å². The minimum atomic E-state index is 0.0280. The predicted octanol–water partition coefficient (Wildman–Crippen LogP) is 2.78. The minimum Gasteiger partial charge on any atom is -0.349 e. The van der Waals surface area contributed by atoms with E-state index >= 15 is 0 Å². The lowest BCUT2D eigenvalue weighted by Gasteiger charge is -2.24. The van der Waals surface area contributed by atoms with E-state index in [1.807, 2.05) is 36.4 Å². The first kappa shape index (κ1) is 15.3. The molecule has 1 unspecified atom stereocenters. The molecule has 118 valence electrons. The molecule has 1 heterocycles. The highest BCUT2D eigenvalue weighted by Gasteiger charge is 2.23. The fraction of sp³-hybridized carbons (Fsp3) is 0.263. The van der Waals surface area contributed by atoms with Crippen molar-refractivity contribution in [2.24, 2.45) is 4.99 Å². The van der Waals surface area contributed by atoms with E-state index < -0.39 is 0 Å². The van der Waals surface area contributed by atoms with Crippen LogP contribution in [-0.4, -0.2) is 29.9 Å². The number of carbonyl (C=O) groups excluding carboxylic acids is 1. The first-order valence-corrected chi connectivity index (χ1v) is 7.92. The minimum absolute atomic E-state index is 0.0280. The van der Waals surface area contributed by atoms with Crippen LogP contribution < -0.4 is 5.32 Å². The molecular weight excluding hydrogens is 286 g/mol. The van der Waals surface area contributed by atoms with Gasteiger partial charge in [0.1, 0.15) is 0 Å². The molecule has 2 aromatic carbocycles. The first-order valence-electron chi connectivity index (χ1n) is 7.92. The van der Waals surface area contributed by atoms with E-state index in [1.54, 1.807) is 11.8 Å². The molecule has 1 aliphatic heterocycles. The lowest BCUT2D eigenvalue weighted by atomic mass is 9.99. The van der Waals surface area contributed by atoms with Gasteiger partial charge in [0.05, 0.1) is 12.6 Å². The number of nitrogens with one attached hydrogen (secondary N) is 1. The lowest BCUT2D eigenvalue weighted by Crippen LogP contribution is -2.43. The van der Waals surface area contributed by atoms with Crippen molar-refractivity contribution in [2.45, 2.75) is 19.4 Å². The molecule has 0 spiro atoms. The Balaban J connectivity index is 1.82. The van der Waals surface area contributed by atoms with Crippen LogP contribution >= 0.6 is 0 Å². The molecule has 0 fully saturated rings. The zero-order valence-corrected chi connectivity index (χ0v) is 13.3. The smallest absolute Gasteiger partial charge is 0.226 e. The summed E-state index contributed by atoms with van der Waals surface area (Å²) >= 11 is 0. The zero-order chi connectivity index (χ0) is 16.1. The Morgan fingerprint density at radius 1 is 1.13 bits per heavy atom. The summed E-state index contributed by atoms with van der Waals surface area (Å²) in [5.41, 5.74) is 2.44. The zero-order valence-electron chi connectivity index (χ0n) is 13.3. The quantitative estimate of drug-likeness (QED) is 0.944. The van der Waals surface area contributed by atoms with Crippen LogP contribution in [0, 0.1) is 0 Å². The second-order valence-corrected chi connectivity index (χ2v) is 5.67. The van der Waals surface area contributed by atoms with Gasteiger partial charge in [-0.3, -0.25) is 14.7 Å². The number of benzene rings is 2. The summed E-state index contributed by atoms with van der Waals surface area (Å²) in [6, 6.07) is 20.7. The van der Waals surface area contributed by atoms with Gasteiger partial charge in [-0.15, -0.1) is 0 Å². The molecule has 0 bridgehead atoms. The van der Waals surface area contributed by atoms with Gasteiger partial charge < -0.3 is 5.32 Å². The number of aliphatic imine (C=N–C) groups is 1. The van der Waals surface area contributed by atoms with Crippen LogP contribution in [0.25, 0.3) is 0 Å². The van der Waals surface area contributed by atoms with Gasteiger partial charge in [-0.25, -0.2) is 0 Å². The number of nitrogens with zero attached hydrogens (tertiary/aromatic N) is 2. The molecular formula is C19H21N3O. The van der Waals surface area contributed by atoms with E-state index in [0.717, 1.165) is 6.42 Å². The highest BCUT2D eigenvalue weighted by molar-refractivity contribution is 5.97. The maximum absolute atomic E-state index is 11.7. The van der Waals surface area contributed by atoms with Crippen LogP contribution in [0.2, 0.25) is 0 Å². The van der Waals surface area contributed by atoms with E-state index in [9.17, 15) is 4.79 Å². The first-order chi connectivity index (χ1) is 11.2. The van der Waals surface area contributed by atoms with Gasteiger partial charge in [-0.1, -0.05) is 60.7 Å². The molecule has 4 nitrogen and oxygen atoms in total. The van der Waals surface area contributed by atoms with E-state index in [0.29, 0.717) is 19.0 Å². The van der Waals surface area contributed by atoms with Gasteiger partial charge in [0, 0.05) is 13.5 Å². The topological polar surface area (TPSA) is 44.7 Å². The molecule has 4 heteroatoms. The molecule has 1 atom stereocenters. The van der Waals surface area contributed by atoms with E-state index in [1.165, 1.54) is 11.1 Å². The van der Waals surface area contributed by atoms with Crippen molar-refractivity contribution in [1.82, 2.24) is 10.2 Å². The fourth-order valence-corrected chi connectivity index (χ4v) is 2.82. The van der Waals surface area contributed by atoms with Crippen LogP contribution in [-0.2, 0) is 11.2 Å². The van der Waals surface area contributed by atoms with Gasteiger partial charge in [0.2, 0.25) is 11.9 Å². The van der Waals surface area contributed by atoms with Crippen molar-refractivity contribution in [3.63, 3.8) is 0 Å². The van der Waals surface area contributed by atoms with Crippen molar-refractivity contribution >= 4 is 11.9 Å². The van der Waals surface area contributed by atoms with Crippen LogP contribution in [0.15, 0.2) is 65.7 Å². The molecule has 1 aliphatic rings. The van der Waals surface area contributed by atoms with E-state index in [-0.39, 0.29) is 11.9 Å². The summed E-state index contributed by atoms with van der Waals surface area (Å²) in [4.78, 5) is 17.9. The summed E-state index contributed by atoms with van der Waals surface area (Å²) in [7, 11) is 0. The van der Waals surface area contributed by atoms with Gasteiger partial charge in [-0.05, 0) is 17.5 Å². The SMILES string of the molecule is CC(=O)N1CCN=C1NC(Cc1ccccc1)c1ccccc1. The van der Waals surface area contributed by atoms with Gasteiger partial charge in [-0.2, -0.15) is 0 Å². The molecule has 0 aromatic heterocycles. The second kappa shape index (κ2) is 7.09. The molecule has 0 saturated heterocycles. The van der Waals surface area contributed by atoms with Crippen LogP contribution in [0.3, 0.4) is 0 Å². The number of rotatable bonds is 4. The average Bonchev–Trinajstić information content (AvgIpc) is 3.04. The Morgan fingerprint density at radius 2 is 1.78 bits per heavy atom. The summed E-state index contributed by atoms with van der Waals surface area (Å²) in [6.07, 6.45) is 0.843. The molecule has 2 aromatic rings. The highest BCUT2D eigenvalue weighted by Crippen LogP contribution is 2.19. The van der Waals surface area contributed by atoms with Gasteiger partial charge >= 0.3 is 0 Å². The third kappa shape index (κ3) is 3.77. The Labute approximate surface area is 136 Å². The van der Waals surface area contributed by atoms with E-state index in [4.69, 9.17) is 0 Å². The Kier molecular flexibility index (Phi) is 4.71. The maximum Gasteiger partial charge on any atom is 0.226 e. The van der Waals surface area contributed by atoms with Crippen LogP contribution in [0.5, 0.6) is 0 Å². The largest absolute Gasteiger partial charge is 0.349 e. The Bertz CT molecular complexity index is 682. The van der Waals surface area contributed by atoms with Crippen LogP contribution in [0.4, 0.5) is 0 Å². The number of guanidine groups is 1. The standard InChI is InChI=1S/C19H21N3O/c1-15(23)22-13-12-20-19(22)21-18(17-10-6-3-7-11-17)14-16-8-4-2-5-9-16/h2-11,18H,12-14H2,1H3,(H,20,21). The summed E-state index contributed by atoms with van der Waals surface area (Å²) in [5.74, 6) is 0.711. The summed E-state index contributed by atoms with van der Waals surface area (Å²) in [6.45, 7) is 2.90. The third-order valence-corrected chi connectivity index (χ3v) is 4.01. The van der Waals surface area contributed by atoms with Crippen molar-refractivity contribution in [3.05, 3.63) is 71.8 Å². The molecule has 1 amide bonds. The van der Waals surface area contributed by atoms with Crippen LogP contribution in [0.1, 0.15) is 24.1 Å². The predicted molar refractivity (Wildman–Crippen MR) is 92.2 cm³/mol. The van der Waals surface area contributed by atoms with Crippen molar-refractivity contribution < 1.29 is 4.79 Å². The Hall–Kier alpha value is -2.62. The van der Waals surface area contributed by atoms with Gasteiger partial charge in [0.25, 0.3) is 0 Å². The maximum atomic E-state index is 11.7. The molecule has 0 radical (unpaired) electrons. The average molecular weight is 307 g/mol. The van der Waals surface area contributed by atoms with Crippen molar-refractivity contribution in [3.8, 4) is 0 Å². The molecule has 23 heavy (non-hydrogen) atoms. The number of hydrogen-bond donors (Lipinski definition) is 1. The molecule has 0 aliphatic carbocycles. The van der Waals surface area contributed by atoms with Crippen molar-refractivity contribution in [1.29, 1.82) is 0 Å². The number of hydrogen-bond acceptors (Lipinski definition) is 3. The lowest BCUT2D eigenvalue weighted by molar-refractivity contribution is -0.124. The summed E-state index contributed by atoms with van der Waals surface area (Å²) < 4.78 is 0. The third-order valence-electron chi connectivity index (χ3n) is 4.01. The second-order valence-electron chi connectivity index (χ2n) is 5.67.